The Morgan fingerprint density at radius 3 is 2.85 bits per heavy atom. The molecule has 2 amide bonds. The van der Waals surface area contributed by atoms with E-state index in [1.807, 2.05) is 24.3 Å². The molecule has 0 aromatic heterocycles. The second-order valence-electron chi connectivity index (χ2n) is 6.74. The number of amides is 2. The van der Waals surface area contributed by atoms with Crippen LogP contribution >= 0.6 is 15.9 Å². The van der Waals surface area contributed by atoms with Gasteiger partial charge in [-0.1, -0.05) is 28.1 Å². The standard InChI is InChI=1S/C20H17BrN4O2/c21-15-4-5-17-16(9-15)20(27)25-7-6-24(12-18(25)19(26)23-17)11-14-3-1-2-13(8-14)10-22/h1-5,8-9,18H,6-7,11-12H2,(H,23,26). The third-order valence-electron chi connectivity index (χ3n) is 4.96. The maximum Gasteiger partial charge on any atom is 0.256 e. The summed E-state index contributed by atoms with van der Waals surface area (Å²) in [4.78, 5) is 29.5. The van der Waals surface area contributed by atoms with Crippen molar-refractivity contribution in [1.82, 2.24) is 9.80 Å². The second-order valence-corrected chi connectivity index (χ2v) is 7.66. The van der Waals surface area contributed by atoms with Crippen molar-refractivity contribution in [2.45, 2.75) is 12.6 Å². The Labute approximate surface area is 165 Å². The molecule has 2 aliphatic heterocycles. The molecule has 7 heteroatoms. The Balaban J connectivity index is 1.55. The zero-order valence-corrected chi connectivity index (χ0v) is 16.1. The van der Waals surface area contributed by atoms with Crippen molar-refractivity contribution in [3.63, 3.8) is 0 Å². The molecule has 2 aromatic rings. The molecule has 0 saturated carbocycles. The monoisotopic (exact) mass is 424 g/mol. The number of nitrogens with one attached hydrogen (secondary N) is 1. The lowest BCUT2D eigenvalue weighted by molar-refractivity contribution is -0.122. The maximum atomic E-state index is 13.0. The predicted octanol–water partition coefficient (Wildman–Crippen LogP) is 2.60. The van der Waals surface area contributed by atoms with E-state index in [1.54, 1.807) is 23.1 Å². The van der Waals surface area contributed by atoms with Gasteiger partial charge in [-0.15, -0.1) is 0 Å². The molecule has 136 valence electrons. The van der Waals surface area contributed by atoms with Gasteiger partial charge in [0, 0.05) is 30.7 Å². The van der Waals surface area contributed by atoms with E-state index in [4.69, 9.17) is 5.26 Å². The topological polar surface area (TPSA) is 76.4 Å². The number of rotatable bonds is 2. The molecule has 27 heavy (non-hydrogen) atoms. The largest absolute Gasteiger partial charge is 0.324 e. The fourth-order valence-electron chi connectivity index (χ4n) is 3.62. The highest BCUT2D eigenvalue weighted by molar-refractivity contribution is 9.10. The molecule has 2 aliphatic rings. The van der Waals surface area contributed by atoms with Gasteiger partial charge in [0.15, 0.2) is 0 Å². The summed E-state index contributed by atoms with van der Waals surface area (Å²) in [5, 5.41) is 11.9. The van der Waals surface area contributed by atoms with Crippen LogP contribution in [-0.2, 0) is 11.3 Å². The normalized spacial score (nSPS) is 19.6. The van der Waals surface area contributed by atoms with E-state index in [0.717, 1.165) is 10.0 Å². The van der Waals surface area contributed by atoms with Crippen LogP contribution in [-0.4, -0.2) is 47.3 Å². The average molecular weight is 425 g/mol. The van der Waals surface area contributed by atoms with Gasteiger partial charge in [0.2, 0.25) is 5.91 Å². The highest BCUT2D eigenvalue weighted by atomic mass is 79.9. The van der Waals surface area contributed by atoms with Gasteiger partial charge in [-0.3, -0.25) is 14.5 Å². The highest BCUT2D eigenvalue weighted by Gasteiger charge is 2.39. The second kappa shape index (κ2) is 7.14. The molecule has 0 bridgehead atoms. The molecule has 1 N–H and O–H groups in total. The lowest BCUT2D eigenvalue weighted by Crippen LogP contribution is -2.58. The third kappa shape index (κ3) is 3.46. The summed E-state index contributed by atoms with van der Waals surface area (Å²) in [5.74, 6) is -0.291. The maximum absolute atomic E-state index is 13.0. The number of piperazine rings is 1. The van der Waals surface area contributed by atoms with Crippen LogP contribution in [0.4, 0.5) is 5.69 Å². The summed E-state index contributed by atoms with van der Waals surface area (Å²) >= 11 is 3.39. The fourth-order valence-corrected chi connectivity index (χ4v) is 3.98. The van der Waals surface area contributed by atoms with Crippen LogP contribution in [0.15, 0.2) is 46.9 Å². The van der Waals surface area contributed by atoms with Crippen molar-refractivity contribution in [3.8, 4) is 6.07 Å². The molecule has 6 nitrogen and oxygen atoms in total. The van der Waals surface area contributed by atoms with Crippen LogP contribution in [0.5, 0.6) is 0 Å². The number of nitrogens with zero attached hydrogens (tertiary/aromatic N) is 3. The zero-order chi connectivity index (χ0) is 19.0. The zero-order valence-electron chi connectivity index (χ0n) is 14.5. The number of halogens is 1. The molecule has 2 heterocycles. The molecular formula is C20H17BrN4O2. The molecule has 4 rings (SSSR count). The number of hydrogen-bond acceptors (Lipinski definition) is 4. The SMILES string of the molecule is N#Cc1cccc(CN2CCN3C(=O)c4cc(Br)ccc4NC(=O)C3C2)c1. The number of hydrogen-bond donors (Lipinski definition) is 1. The summed E-state index contributed by atoms with van der Waals surface area (Å²) in [6, 6.07) is 14.4. The van der Waals surface area contributed by atoms with Gasteiger partial charge in [-0.05, 0) is 35.9 Å². The van der Waals surface area contributed by atoms with Gasteiger partial charge in [0.25, 0.3) is 5.91 Å². The van der Waals surface area contributed by atoms with Crippen molar-refractivity contribution >= 4 is 33.4 Å². The molecule has 0 spiro atoms. The first kappa shape index (κ1) is 17.7. The number of anilines is 1. The van der Waals surface area contributed by atoms with E-state index in [-0.39, 0.29) is 11.8 Å². The van der Waals surface area contributed by atoms with Crippen molar-refractivity contribution in [1.29, 1.82) is 5.26 Å². The molecule has 0 radical (unpaired) electrons. The first-order chi connectivity index (χ1) is 13.0. The van der Waals surface area contributed by atoms with Crippen LogP contribution in [0.1, 0.15) is 21.5 Å². The minimum absolute atomic E-state index is 0.124. The number of fused-ring (bicyclic) bond motifs is 2. The van der Waals surface area contributed by atoms with Crippen LogP contribution in [0.25, 0.3) is 0 Å². The molecule has 1 unspecified atom stereocenters. The van der Waals surface area contributed by atoms with Crippen LogP contribution in [0.3, 0.4) is 0 Å². The number of benzene rings is 2. The smallest absolute Gasteiger partial charge is 0.256 e. The Hall–Kier alpha value is -2.69. The van der Waals surface area contributed by atoms with Gasteiger partial charge < -0.3 is 10.2 Å². The van der Waals surface area contributed by atoms with Crippen LogP contribution in [0.2, 0.25) is 0 Å². The van der Waals surface area contributed by atoms with E-state index in [0.29, 0.717) is 43.0 Å². The first-order valence-electron chi connectivity index (χ1n) is 8.68. The van der Waals surface area contributed by atoms with Gasteiger partial charge in [0.1, 0.15) is 6.04 Å². The molecule has 1 saturated heterocycles. The summed E-state index contributed by atoms with van der Waals surface area (Å²) < 4.78 is 0.804. The number of carbonyl (C=O) groups excluding carboxylic acids is 2. The lowest BCUT2D eigenvalue weighted by atomic mass is 10.1. The summed E-state index contributed by atoms with van der Waals surface area (Å²) in [6.45, 7) is 2.26. The van der Waals surface area contributed by atoms with Crippen LogP contribution in [0, 0.1) is 11.3 Å². The van der Waals surface area contributed by atoms with E-state index < -0.39 is 6.04 Å². The highest BCUT2D eigenvalue weighted by Crippen LogP contribution is 2.28. The van der Waals surface area contributed by atoms with E-state index >= 15 is 0 Å². The Morgan fingerprint density at radius 2 is 2.04 bits per heavy atom. The van der Waals surface area contributed by atoms with Gasteiger partial charge in [0.05, 0.1) is 22.9 Å². The van der Waals surface area contributed by atoms with Gasteiger partial charge in [-0.2, -0.15) is 5.26 Å². The van der Waals surface area contributed by atoms with Crippen molar-refractivity contribution in [2.24, 2.45) is 0 Å². The van der Waals surface area contributed by atoms with E-state index in [9.17, 15) is 9.59 Å². The first-order valence-corrected chi connectivity index (χ1v) is 9.47. The molecular weight excluding hydrogens is 408 g/mol. The van der Waals surface area contributed by atoms with Crippen LogP contribution < -0.4 is 5.32 Å². The van der Waals surface area contributed by atoms with Crippen molar-refractivity contribution in [2.75, 3.05) is 25.0 Å². The van der Waals surface area contributed by atoms with E-state index in [1.165, 1.54) is 0 Å². The third-order valence-corrected chi connectivity index (χ3v) is 5.45. The lowest BCUT2D eigenvalue weighted by Gasteiger charge is -2.39. The fraction of sp³-hybridized carbons (Fsp3) is 0.250. The minimum Gasteiger partial charge on any atom is -0.324 e. The number of carbonyl (C=O) groups is 2. The summed E-state index contributed by atoms with van der Waals surface area (Å²) in [7, 11) is 0. The minimum atomic E-state index is -0.531. The van der Waals surface area contributed by atoms with Crippen molar-refractivity contribution in [3.05, 3.63) is 63.6 Å². The Kier molecular flexibility index (Phi) is 4.68. The summed E-state index contributed by atoms with van der Waals surface area (Å²) in [6.07, 6.45) is 0. The molecule has 2 aromatic carbocycles. The Bertz CT molecular complexity index is 969. The number of nitriles is 1. The van der Waals surface area contributed by atoms with E-state index in [2.05, 4.69) is 32.2 Å². The molecule has 1 fully saturated rings. The van der Waals surface area contributed by atoms with Gasteiger partial charge in [-0.25, -0.2) is 0 Å². The van der Waals surface area contributed by atoms with Crippen molar-refractivity contribution < 1.29 is 9.59 Å². The molecule has 0 aliphatic carbocycles. The Morgan fingerprint density at radius 1 is 1.19 bits per heavy atom. The van der Waals surface area contributed by atoms with Gasteiger partial charge >= 0.3 is 0 Å². The quantitative estimate of drug-likeness (QED) is 0.803. The predicted molar refractivity (Wildman–Crippen MR) is 104 cm³/mol. The average Bonchev–Trinajstić information content (AvgIpc) is 2.77. The summed E-state index contributed by atoms with van der Waals surface area (Å²) in [5.41, 5.74) is 2.70. The molecule has 1 atom stereocenters.